The maximum absolute atomic E-state index is 9.06. The van der Waals surface area contributed by atoms with Gasteiger partial charge in [0.2, 0.25) is 0 Å². The molecular formula is C12H21N3O. The maximum atomic E-state index is 9.06. The Balaban J connectivity index is 1.86. The van der Waals surface area contributed by atoms with Crippen LogP contribution in [0.5, 0.6) is 0 Å². The lowest BCUT2D eigenvalue weighted by molar-refractivity contribution is 0.206. The predicted octanol–water partition coefficient (Wildman–Crippen LogP) is 1.32. The van der Waals surface area contributed by atoms with Crippen molar-refractivity contribution < 1.29 is 5.11 Å². The van der Waals surface area contributed by atoms with Crippen LogP contribution in [-0.4, -0.2) is 27.3 Å². The average Bonchev–Trinajstić information content (AvgIpc) is 3.04. The molecule has 1 aromatic heterocycles. The van der Waals surface area contributed by atoms with Crippen LogP contribution in [0.1, 0.15) is 38.4 Å². The van der Waals surface area contributed by atoms with E-state index in [4.69, 9.17) is 5.11 Å². The Morgan fingerprint density at radius 1 is 1.56 bits per heavy atom. The Kier molecular flexibility index (Phi) is 3.61. The van der Waals surface area contributed by atoms with E-state index in [2.05, 4.69) is 28.7 Å². The zero-order valence-electron chi connectivity index (χ0n) is 10.1. The van der Waals surface area contributed by atoms with Gasteiger partial charge in [0.1, 0.15) is 0 Å². The van der Waals surface area contributed by atoms with E-state index in [-0.39, 0.29) is 12.5 Å². The predicted molar refractivity (Wildman–Crippen MR) is 63.0 cm³/mol. The van der Waals surface area contributed by atoms with Crippen molar-refractivity contribution >= 4 is 0 Å². The highest BCUT2D eigenvalue weighted by Gasteiger charge is 2.25. The largest absolute Gasteiger partial charge is 0.396 e. The summed E-state index contributed by atoms with van der Waals surface area (Å²) in [6, 6.07) is 1.01. The molecular weight excluding hydrogens is 202 g/mol. The summed E-state index contributed by atoms with van der Waals surface area (Å²) in [7, 11) is 0. The fourth-order valence-electron chi connectivity index (χ4n) is 1.78. The van der Waals surface area contributed by atoms with Crippen LogP contribution < -0.4 is 5.32 Å². The minimum absolute atomic E-state index is 0.232. The molecule has 2 atom stereocenters. The quantitative estimate of drug-likeness (QED) is 0.765. The summed E-state index contributed by atoms with van der Waals surface area (Å²) < 4.78 is 2.27. The van der Waals surface area contributed by atoms with Gasteiger partial charge in [-0.3, -0.25) is 0 Å². The summed E-state index contributed by atoms with van der Waals surface area (Å²) in [6.45, 7) is 5.23. The first-order chi connectivity index (χ1) is 7.72. The zero-order valence-corrected chi connectivity index (χ0v) is 10.1. The number of rotatable bonds is 6. The van der Waals surface area contributed by atoms with Gasteiger partial charge in [0.25, 0.3) is 0 Å². The van der Waals surface area contributed by atoms with Gasteiger partial charge in [-0.1, -0.05) is 6.92 Å². The number of hydrogen-bond donors (Lipinski definition) is 2. The van der Waals surface area contributed by atoms with Crippen LogP contribution in [0.25, 0.3) is 0 Å². The van der Waals surface area contributed by atoms with E-state index in [1.807, 2.05) is 12.5 Å². The summed E-state index contributed by atoms with van der Waals surface area (Å²) in [6.07, 6.45) is 6.42. The van der Waals surface area contributed by atoms with E-state index in [9.17, 15) is 0 Å². The molecule has 4 nitrogen and oxygen atoms in total. The SMILES string of the molecule is CC(CO)C(C)NCc1cncn1C1CC1. The molecule has 1 fully saturated rings. The number of aliphatic hydroxyl groups is 1. The normalized spacial score (nSPS) is 19.7. The van der Waals surface area contributed by atoms with Crippen molar-refractivity contribution in [1.82, 2.24) is 14.9 Å². The fourth-order valence-corrected chi connectivity index (χ4v) is 1.78. The molecule has 0 spiro atoms. The molecule has 2 unspecified atom stereocenters. The van der Waals surface area contributed by atoms with Crippen LogP contribution in [0.2, 0.25) is 0 Å². The molecule has 1 aliphatic carbocycles. The number of hydrogen-bond acceptors (Lipinski definition) is 3. The Labute approximate surface area is 96.7 Å². The molecule has 2 rings (SSSR count). The van der Waals surface area contributed by atoms with Gasteiger partial charge in [0.15, 0.2) is 0 Å². The van der Waals surface area contributed by atoms with Crippen molar-refractivity contribution in [2.75, 3.05) is 6.61 Å². The first-order valence-electron chi connectivity index (χ1n) is 6.07. The number of aliphatic hydroxyl groups excluding tert-OH is 1. The van der Waals surface area contributed by atoms with Crippen LogP contribution in [0.15, 0.2) is 12.5 Å². The smallest absolute Gasteiger partial charge is 0.0951 e. The second kappa shape index (κ2) is 4.97. The molecule has 0 aromatic carbocycles. The second-order valence-corrected chi connectivity index (χ2v) is 4.85. The molecule has 1 aromatic rings. The van der Waals surface area contributed by atoms with Crippen LogP contribution in [-0.2, 0) is 6.54 Å². The van der Waals surface area contributed by atoms with Crippen molar-refractivity contribution in [2.45, 2.75) is 45.3 Å². The third-order valence-electron chi connectivity index (χ3n) is 3.43. The van der Waals surface area contributed by atoms with Gasteiger partial charge in [-0.15, -0.1) is 0 Å². The third kappa shape index (κ3) is 2.62. The molecule has 0 aliphatic heterocycles. The molecule has 2 N–H and O–H groups in total. The summed E-state index contributed by atoms with van der Waals surface area (Å²) in [5.74, 6) is 0.289. The first kappa shape index (κ1) is 11.6. The van der Waals surface area contributed by atoms with Gasteiger partial charge in [-0.05, 0) is 25.7 Å². The summed E-state index contributed by atoms with van der Waals surface area (Å²) >= 11 is 0. The van der Waals surface area contributed by atoms with Gasteiger partial charge in [-0.2, -0.15) is 0 Å². The van der Waals surface area contributed by atoms with Crippen molar-refractivity contribution in [3.63, 3.8) is 0 Å². The lowest BCUT2D eigenvalue weighted by atomic mass is 10.1. The first-order valence-corrected chi connectivity index (χ1v) is 6.07. The lowest BCUT2D eigenvalue weighted by Gasteiger charge is -2.19. The highest BCUT2D eigenvalue weighted by molar-refractivity contribution is 5.03. The molecule has 90 valence electrons. The van der Waals surface area contributed by atoms with Crippen molar-refractivity contribution in [2.24, 2.45) is 5.92 Å². The van der Waals surface area contributed by atoms with E-state index in [1.165, 1.54) is 18.5 Å². The maximum Gasteiger partial charge on any atom is 0.0951 e. The van der Waals surface area contributed by atoms with Gasteiger partial charge in [-0.25, -0.2) is 4.98 Å². The van der Waals surface area contributed by atoms with Crippen LogP contribution >= 0.6 is 0 Å². The number of nitrogens with one attached hydrogen (secondary N) is 1. The standard InChI is InChI=1S/C12H21N3O/c1-9(7-16)10(2)14-6-12-5-13-8-15(12)11-3-4-11/h5,8-11,14,16H,3-4,6-7H2,1-2H3. The van der Waals surface area contributed by atoms with Crippen molar-refractivity contribution in [1.29, 1.82) is 0 Å². The van der Waals surface area contributed by atoms with E-state index in [0.29, 0.717) is 12.1 Å². The molecule has 1 saturated carbocycles. The molecule has 0 radical (unpaired) electrons. The van der Waals surface area contributed by atoms with Crippen molar-refractivity contribution in [3.05, 3.63) is 18.2 Å². The number of aromatic nitrogens is 2. The van der Waals surface area contributed by atoms with Crippen LogP contribution in [0.4, 0.5) is 0 Å². The second-order valence-electron chi connectivity index (χ2n) is 4.85. The average molecular weight is 223 g/mol. The van der Waals surface area contributed by atoms with Gasteiger partial charge in [0.05, 0.1) is 12.0 Å². The highest BCUT2D eigenvalue weighted by Crippen LogP contribution is 2.35. The van der Waals surface area contributed by atoms with Crippen LogP contribution in [0.3, 0.4) is 0 Å². The van der Waals surface area contributed by atoms with E-state index in [1.54, 1.807) is 0 Å². The van der Waals surface area contributed by atoms with E-state index >= 15 is 0 Å². The fraction of sp³-hybridized carbons (Fsp3) is 0.750. The van der Waals surface area contributed by atoms with E-state index in [0.717, 1.165) is 6.54 Å². The molecule has 0 amide bonds. The Morgan fingerprint density at radius 3 is 2.94 bits per heavy atom. The zero-order chi connectivity index (χ0) is 11.5. The molecule has 0 saturated heterocycles. The van der Waals surface area contributed by atoms with Gasteiger partial charge >= 0.3 is 0 Å². The molecule has 1 heterocycles. The van der Waals surface area contributed by atoms with Crippen LogP contribution in [0, 0.1) is 5.92 Å². The monoisotopic (exact) mass is 223 g/mol. The minimum Gasteiger partial charge on any atom is -0.396 e. The minimum atomic E-state index is 0.232. The third-order valence-corrected chi connectivity index (χ3v) is 3.43. The topological polar surface area (TPSA) is 50.1 Å². The molecule has 0 bridgehead atoms. The Hall–Kier alpha value is -0.870. The summed E-state index contributed by atoms with van der Waals surface area (Å²) in [5.41, 5.74) is 1.25. The Bertz CT molecular complexity index is 333. The van der Waals surface area contributed by atoms with Crippen molar-refractivity contribution in [3.8, 4) is 0 Å². The molecule has 1 aliphatic rings. The molecule has 4 heteroatoms. The highest BCUT2D eigenvalue weighted by atomic mass is 16.3. The number of nitrogens with zero attached hydrogens (tertiary/aromatic N) is 2. The molecule has 16 heavy (non-hydrogen) atoms. The summed E-state index contributed by atoms with van der Waals surface area (Å²) in [4.78, 5) is 4.20. The van der Waals surface area contributed by atoms with Gasteiger partial charge in [0, 0.05) is 31.4 Å². The number of imidazole rings is 1. The lowest BCUT2D eigenvalue weighted by Crippen LogP contribution is -2.33. The summed E-state index contributed by atoms with van der Waals surface area (Å²) in [5, 5.41) is 12.5. The van der Waals surface area contributed by atoms with E-state index < -0.39 is 0 Å². The van der Waals surface area contributed by atoms with Gasteiger partial charge < -0.3 is 15.0 Å². The Morgan fingerprint density at radius 2 is 2.31 bits per heavy atom.